The van der Waals surface area contributed by atoms with Crippen LogP contribution in [0.3, 0.4) is 0 Å². The number of aromatic amines is 1. The van der Waals surface area contributed by atoms with Gasteiger partial charge in [-0.3, -0.25) is 9.78 Å². The number of H-pyrrole nitrogens is 1. The highest BCUT2D eigenvalue weighted by atomic mass is 35.5. The maximum atomic E-state index is 12.0. The lowest BCUT2D eigenvalue weighted by molar-refractivity contribution is -0.113. The van der Waals surface area contributed by atoms with E-state index >= 15 is 0 Å². The van der Waals surface area contributed by atoms with Crippen molar-refractivity contribution < 1.29 is 4.79 Å². The molecule has 0 aliphatic rings. The van der Waals surface area contributed by atoms with Crippen LogP contribution in [0.25, 0.3) is 0 Å². The van der Waals surface area contributed by atoms with Gasteiger partial charge in [-0.1, -0.05) is 29.4 Å². The summed E-state index contributed by atoms with van der Waals surface area (Å²) in [5, 5.41) is 14.8. The van der Waals surface area contributed by atoms with Crippen molar-refractivity contribution in [3.05, 3.63) is 59.4 Å². The molecule has 1 aromatic carbocycles. The third kappa shape index (κ3) is 5.80. The number of hydrazone groups is 1. The molecule has 27 heavy (non-hydrogen) atoms. The van der Waals surface area contributed by atoms with Crippen LogP contribution in [0, 0.1) is 0 Å². The molecule has 0 aliphatic carbocycles. The first-order chi connectivity index (χ1) is 13.1. The van der Waals surface area contributed by atoms with Gasteiger partial charge in [0.15, 0.2) is 0 Å². The lowest BCUT2D eigenvalue weighted by Crippen LogP contribution is -2.13. The SMILES string of the molecule is C/C(=N\Nc1nc(SCC(=O)Nc2ccc(Cl)cc2)n[nH]1)c1ccccn1. The molecule has 0 bridgehead atoms. The molecule has 10 heteroatoms. The molecule has 0 fully saturated rings. The molecule has 0 saturated heterocycles. The summed E-state index contributed by atoms with van der Waals surface area (Å²) >= 11 is 7.03. The molecule has 0 atom stereocenters. The van der Waals surface area contributed by atoms with Crippen LogP contribution in [0.5, 0.6) is 0 Å². The Balaban J connectivity index is 1.49. The Morgan fingerprint density at radius 1 is 1.26 bits per heavy atom. The second kappa shape index (κ2) is 9.15. The fraction of sp³-hybridized carbons (Fsp3) is 0.118. The highest BCUT2D eigenvalue weighted by molar-refractivity contribution is 7.99. The minimum Gasteiger partial charge on any atom is -0.325 e. The molecule has 3 rings (SSSR count). The zero-order chi connectivity index (χ0) is 19.1. The average molecular weight is 402 g/mol. The predicted molar refractivity (Wildman–Crippen MR) is 107 cm³/mol. The Morgan fingerprint density at radius 2 is 2.07 bits per heavy atom. The standard InChI is InChI=1S/C17H16ClN7OS/c1-11(14-4-2-3-9-19-14)22-23-16-21-17(25-24-16)27-10-15(26)20-13-7-5-12(18)6-8-13/h2-9H,10H2,1H3,(H,20,26)(H2,21,23,24,25)/b22-11+. The Kier molecular flexibility index (Phi) is 6.39. The van der Waals surface area contributed by atoms with Crippen molar-refractivity contribution in [2.45, 2.75) is 12.1 Å². The number of amides is 1. The topological polar surface area (TPSA) is 108 Å². The van der Waals surface area contributed by atoms with E-state index in [4.69, 9.17) is 11.6 Å². The van der Waals surface area contributed by atoms with Crippen LogP contribution < -0.4 is 10.7 Å². The van der Waals surface area contributed by atoms with E-state index in [1.54, 1.807) is 30.5 Å². The summed E-state index contributed by atoms with van der Waals surface area (Å²) in [6.07, 6.45) is 1.70. The van der Waals surface area contributed by atoms with E-state index < -0.39 is 0 Å². The smallest absolute Gasteiger partial charge is 0.240 e. The monoisotopic (exact) mass is 401 g/mol. The minimum absolute atomic E-state index is 0.161. The molecule has 0 saturated carbocycles. The van der Waals surface area contributed by atoms with E-state index in [1.165, 1.54) is 11.8 Å². The highest BCUT2D eigenvalue weighted by Gasteiger charge is 2.08. The van der Waals surface area contributed by atoms with Crippen LogP contribution in [0.1, 0.15) is 12.6 Å². The van der Waals surface area contributed by atoms with Crippen molar-refractivity contribution in [1.29, 1.82) is 0 Å². The number of nitrogens with zero attached hydrogens (tertiary/aromatic N) is 4. The number of halogens is 1. The molecular weight excluding hydrogens is 386 g/mol. The van der Waals surface area contributed by atoms with Crippen molar-refractivity contribution in [3.8, 4) is 0 Å². The van der Waals surface area contributed by atoms with Crippen LogP contribution in [0.2, 0.25) is 5.02 Å². The third-order valence-corrected chi connectivity index (χ3v) is 4.39. The van der Waals surface area contributed by atoms with Crippen molar-refractivity contribution in [2.24, 2.45) is 5.10 Å². The Bertz CT molecular complexity index is 928. The number of hydrogen-bond acceptors (Lipinski definition) is 7. The average Bonchev–Trinajstić information content (AvgIpc) is 3.15. The van der Waals surface area contributed by atoms with Crippen LogP contribution in [-0.4, -0.2) is 37.5 Å². The number of pyridine rings is 1. The molecule has 0 unspecified atom stereocenters. The van der Waals surface area contributed by atoms with E-state index in [9.17, 15) is 4.79 Å². The summed E-state index contributed by atoms with van der Waals surface area (Å²) in [6, 6.07) is 12.5. The number of hydrogen-bond donors (Lipinski definition) is 3. The molecule has 0 aliphatic heterocycles. The molecule has 0 radical (unpaired) electrons. The van der Waals surface area contributed by atoms with Crippen molar-refractivity contribution >= 4 is 46.6 Å². The molecule has 2 aromatic heterocycles. The zero-order valence-electron chi connectivity index (χ0n) is 14.3. The van der Waals surface area contributed by atoms with Crippen molar-refractivity contribution in [1.82, 2.24) is 20.2 Å². The van der Waals surface area contributed by atoms with Gasteiger partial charge in [-0.05, 0) is 43.3 Å². The molecule has 2 heterocycles. The van der Waals surface area contributed by atoms with Gasteiger partial charge in [-0.15, -0.1) is 5.10 Å². The van der Waals surface area contributed by atoms with Gasteiger partial charge in [-0.25, -0.2) is 10.5 Å². The first-order valence-corrected chi connectivity index (χ1v) is 9.29. The third-order valence-electron chi connectivity index (χ3n) is 3.29. The maximum absolute atomic E-state index is 12.0. The lowest BCUT2D eigenvalue weighted by Gasteiger charge is -2.03. The van der Waals surface area contributed by atoms with Gasteiger partial charge < -0.3 is 5.32 Å². The second-order valence-corrected chi connectivity index (χ2v) is 6.71. The predicted octanol–water partition coefficient (Wildman–Crippen LogP) is 3.42. The number of rotatable bonds is 7. The summed E-state index contributed by atoms with van der Waals surface area (Å²) in [7, 11) is 0. The van der Waals surface area contributed by atoms with E-state index in [0.717, 1.165) is 5.69 Å². The van der Waals surface area contributed by atoms with E-state index in [0.29, 0.717) is 27.5 Å². The summed E-state index contributed by atoms with van der Waals surface area (Å²) < 4.78 is 0. The molecule has 3 aromatic rings. The van der Waals surface area contributed by atoms with Gasteiger partial charge in [0.1, 0.15) is 0 Å². The summed E-state index contributed by atoms with van der Waals surface area (Å²) in [5.74, 6) is 0.396. The molecule has 138 valence electrons. The summed E-state index contributed by atoms with van der Waals surface area (Å²) in [4.78, 5) is 20.4. The minimum atomic E-state index is -0.161. The summed E-state index contributed by atoms with van der Waals surface area (Å²) in [5.41, 5.74) is 4.94. The van der Waals surface area contributed by atoms with Crippen LogP contribution in [0.4, 0.5) is 11.6 Å². The molecule has 8 nitrogen and oxygen atoms in total. The molecule has 1 amide bonds. The lowest BCUT2D eigenvalue weighted by atomic mass is 10.3. The van der Waals surface area contributed by atoms with Gasteiger partial charge in [0.05, 0.1) is 17.2 Å². The van der Waals surface area contributed by atoms with E-state index in [1.807, 2.05) is 25.1 Å². The highest BCUT2D eigenvalue weighted by Crippen LogP contribution is 2.16. The number of carbonyl (C=O) groups excluding carboxylic acids is 1. The van der Waals surface area contributed by atoms with Crippen LogP contribution >= 0.6 is 23.4 Å². The quantitative estimate of drug-likeness (QED) is 0.318. The van der Waals surface area contributed by atoms with Gasteiger partial charge in [0.2, 0.25) is 17.0 Å². The molecular formula is C17H16ClN7OS. The summed E-state index contributed by atoms with van der Waals surface area (Å²) in [6.45, 7) is 1.84. The Morgan fingerprint density at radius 3 is 2.81 bits per heavy atom. The fourth-order valence-electron chi connectivity index (χ4n) is 1.99. The number of thioether (sulfide) groups is 1. The van der Waals surface area contributed by atoms with Crippen molar-refractivity contribution in [2.75, 3.05) is 16.5 Å². The Hall–Kier alpha value is -2.91. The molecule has 0 spiro atoms. The van der Waals surface area contributed by atoms with Crippen LogP contribution in [0.15, 0.2) is 58.9 Å². The fourth-order valence-corrected chi connectivity index (χ4v) is 2.72. The maximum Gasteiger partial charge on any atom is 0.240 e. The van der Waals surface area contributed by atoms with Gasteiger partial charge >= 0.3 is 0 Å². The van der Waals surface area contributed by atoms with E-state index in [2.05, 4.69) is 36.0 Å². The van der Waals surface area contributed by atoms with Gasteiger partial charge in [0, 0.05) is 16.9 Å². The van der Waals surface area contributed by atoms with Gasteiger partial charge in [-0.2, -0.15) is 10.1 Å². The van der Waals surface area contributed by atoms with Gasteiger partial charge in [0.25, 0.3) is 0 Å². The number of nitrogens with one attached hydrogen (secondary N) is 3. The number of aromatic nitrogens is 4. The number of anilines is 2. The van der Waals surface area contributed by atoms with Crippen molar-refractivity contribution in [3.63, 3.8) is 0 Å². The number of benzene rings is 1. The Labute approximate surface area is 164 Å². The first-order valence-electron chi connectivity index (χ1n) is 7.92. The van der Waals surface area contributed by atoms with E-state index in [-0.39, 0.29) is 11.7 Å². The molecule has 3 N–H and O–H groups in total. The second-order valence-electron chi connectivity index (χ2n) is 5.33. The normalized spacial score (nSPS) is 11.3. The zero-order valence-corrected chi connectivity index (χ0v) is 15.9. The first kappa shape index (κ1) is 18.9. The largest absolute Gasteiger partial charge is 0.325 e. The number of carbonyl (C=O) groups is 1. The van der Waals surface area contributed by atoms with Crippen LogP contribution in [-0.2, 0) is 4.79 Å².